The molecule has 0 N–H and O–H groups in total. The van der Waals surface area contributed by atoms with Gasteiger partial charge in [0.2, 0.25) is 5.24 Å². The lowest BCUT2D eigenvalue weighted by molar-refractivity contribution is -0.109. The molecule has 0 bridgehead atoms. The van der Waals surface area contributed by atoms with Crippen LogP contribution >= 0.6 is 19.2 Å². The average molecular weight is 271 g/mol. The van der Waals surface area contributed by atoms with E-state index in [4.69, 9.17) is 20.6 Å². The minimum atomic E-state index is -3.32. The minimum Gasteiger partial charge on any atom is -0.308 e. The summed E-state index contributed by atoms with van der Waals surface area (Å²) in [4.78, 5) is 10.8. The first-order valence-corrected chi connectivity index (χ1v) is 7.71. The summed E-state index contributed by atoms with van der Waals surface area (Å²) in [5.41, 5.74) is 0. The van der Waals surface area contributed by atoms with Gasteiger partial charge in [-0.15, -0.1) is 0 Å². The van der Waals surface area contributed by atoms with Crippen LogP contribution in [0.5, 0.6) is 0 Å². The molecule has 0 aromatic heterocycles. The third-order valence-electron chi connectivity index (χ3n) is 1.89. The van der Waals surface area contributed by atoms with Crippen LogP contribution < -0.4 is 0 Å². The molecule has 16 heavy (non-hydrogen) atoms. The van der Waals surface area contributed by atoms with Crippen molar-refractivity contribution in [1.29, 1.82) is 0 Å². The first kappa shape index (κ1) is 16.1. The van der Waals surface area contributed by atoms with E-state index in [9.17, 15) is 9.36 Å². The van der Waals surface area contributed by atoms with Crippen LogP contribution in [0.2, 0.25) is 0 Å². The van der Waals surface area contributed by atoms with Gasteiger partial charge < -0.3 is 9.05 Å². The van der Waals surface area contributed by atoms with Gasteiger partial charge in [0.1, 0.15) is 6.16 Å². The van der Waals surface area contributed by atoms with Crippen LogP contribution in [0.1, 0.15) is 39.5 Å². The van der Waals surface area contributed by atoms with Crippen molar-refractivity contribution in [3.05, 3.63) is 0 Å². The molecule has 0 aliphatic rings. The zero-order valence-corrected chi connectivity index (χ0v) is 11.6. The summed E-state index contributed by atoms with van der Waals surface area (Å²) in [6, 6.07) is 0. The van der Waals surface area contributed by atoms with Gasteiger partial charge >= 0.3 is 7.60 Å². The smallest absolute Gasteiger partial charge is 0.308 e. The van der Waals surface area contributed by atoms with Crippen LogP contribution in [0.15, 0.2) is 0 Å². The minimum absolute atomic E-state index is 0.337. The quantitative estimate of drug-likeness (QED) is 0.346. The Morgan fingerprint density at radius 3 is 1.88 bits per heavy atom. The second-order valence-electron chi connectivity index (χ2n) is 3.50. The lowest BCUT2D eigenvalue weighted by atomic mass is 10.4. The van der Waals surface area contributed by atoms with E-state index < -0.39 is 12.8 Å². The summed E-state index contributed by atoms with van der Waals surface area (Å²) < 4.78 is 22.3. The van der Waals surface area contributed by atoms with E-state index in [2.05, 4.69) is 0 Å². The normalized spacial score (nSPS) is 11.7. The highest BCUT2D eigenvalue weighted by Crippen LogP contribution is 2.48. The number of carbonyl (C=O) groups excluding carboxylic acids is 1. The van der Waals surface area contributed by atoms with Gasteiger partial charge in [-0.05, 0) is 24.4 Å². The number of halogens is 1. The Hall–Kier alpha value is 0.110. The highest BCUT2D eigenvalue weighted by atomic mass is 35.5. The van der Waals surface area contributed by atoms with Crippen molar-refractivity contribution >= 4 is 24.4 Å². The molecule has 0 aliphatic carbocycles. The van der Waals surface area contributed by atoms with Gasteiger partial charge in [0.05, 0.1) is 13.2 Å². The second-order valence-corrected chi connectivity index (χ2v) is 5.97. The predicted octanol–water partition coefficient (Wildman–Crippen LogP) is 3.58. The molecule has 0 fully saturated rings. The Kier molecular flexibility index (Phi) is 9.24. The molecule has 0 aliphatic heterocycles. The molecule has 0 rings (SSSR count). The summed E-state index contributed by atoms with van der Waals surface area (Å²) in [5, 5.41) is -0.684. The van der Waals surface area contributed by atoms with E-state index in [1.165, 1.54) is 0 Å². The van der Waals surface area contributed by atoms with E-state index in [0.717, 1.165) is 25.7 Å². The van der Waals surface area contributed by atoms with Crippen LogP contribution in [-0.4, -0.2) is 24.6 Å². The third-order valence-corrected chi connectivity index (χ3v) is 4.04. The summed E-state index contributed by atoms with van der Waals surface area (Å²) in [5.74, 6) is 0. The lowest BCUT2D eigenvalue weighted by Gasteiger charge is -2.16. The average Bonchev–Trinajstić information content (AvgIpc) is 2.17. The topological polar surface area (TPSA) is 52.6 Å². The highest BCUT2D eigenvalue weighted by molar-refractivity contribution is 7.55. The Morgan fingerprint density at radius 2 is 1.56 bits per heavy atom. The Labute approximate surface area is 102 Å². The predicted molar refractivity (Wildman–Crippen MR) is 65.1 cm³/mol. The molecule has 0 aromatic carbocycles. The summed E-state index contributed by atoms with van der Waals surface area (Å²) in [6.07, 6.45) is 3.10. The maximum atomic E-state index is 12.0. The lowest BCUT2D eigenvalue weighted by Crippen LogP contribution is -2.06. The van der Waals surface area contributed by atoms with Crippen molar-refractivity contribution in [2.24, 2.45) is 0 Å². The van der Waals surface area contributed by atoms with Crippen LogP contribution in [0, 0.1) is 0 Å². The van der Waals surface area contributed by atoms with Crippen molar-refractivity contribution in [3.63, 3.8) is 0 Å². The molecule has 4 nitrogen and oxygen atoms in total. The fraction of sp³-hybridized carbons (Fsp3) is 0.900. The summed E-state index contributed by atoms with van der Waals surface area (Å²) in [7, 11) is -3.32. The first-order chi connectivity index (χ1) is 7.54. The molecule has 0 heterocycles. The SMILES string of the molecule is CCCCOP(=O)(CC(=O)Cl)OCCCC. The molecule has 96 valence electrons. The first-order valence-electron chi connectivity index (χ1n) is 5.60. The van der Waals surface area contributed by atoms with Crippen molar-refractivity contribution < 1.29 is 18.4 Å². The molecule has 0 unspecified atom stereocenters. The largest absolute Gasteiger partial charge is 0.339 e. The number of hydrogen-bond donors (Lipinski definition) is 0. The highest BCUT2D eigenvalue weighted by Gasteiger charge is 2.27. The Morgan fingerprint density at radius 1 is 1.12 bits per heavy atom. The zero-order valence-electron chi connectivity index (χ0n) is 9.91. The molecule has 0 aromatic rings. The van der Waals surface area contributed by atoms with E-state index in [1.807, 2.05) is 13.8 Å². The van der Waals surface area contributed by atoms with E-state index in [0.29, 0.717) is 13.2 Å². The molecule has 0 saturated heterocycles. The van der Waals surface area contributed by atoms with E-state index in [1.54, 1.807) is 0 Å². The van der Waals surface area contributed by atoms with Gasteiger partial charge in [0.15, 0.2) is 0 Å². The van der Waals surface area contributed by atoms with Gasteiger partial charge in [-0.3, -0.25) is 9.36 Å². The van der Waals surface area contributed by atoms with Crippen LogP contribution in [0.25, 0.3) is 0 Å². The number of unbranched alkanes of at least 4 members (excludes halogenated alkanes) is 2. The third kappa shape index (κ3) is 8.28. The maximum Gasteiger partial charge on any atom is 0.339 e. The van der Waals surface area contributed by atoms with Gasteiger partial charge in [-0.2, -0.15) is 0 Å². The fourth-order valence-corrected chi connectivity index (χ4v) is 2.79. The zero-order chi connectivity index (χ0) is 12.4. The molecular formula is C10H20ClO4P. The van der Waals surface area contributed by atoms with Gasteiger partial charge in [0.25, 0.3) is 0 Å². The van der Waals surface area contributed by atoms with E-state index >= 15 is 0 Å². The molecule has 0 saturated carbocycles. The van der Waals surface area contributed by atoms with Gasteiger partial charge in [0, 0.05) is 0 Å². The standard InChI is InChI=1S/C10H20ClO4P/c1-3-5-7-14-16(13,9-10(11)12)15-8-6-4-2/h3-9H2,1-2H3. The molecule has 6 heteroatoms. The monoisotopic (exact) mass is 270 g/mol. The van der Waals surface area contributed by atoms with E-state index in [-0.39, 0.29) is 6.16 Å². The van der Waals surface area contributed by atoms with Crippen molar-refractivity contribution in [3.8, 4) is 0 Å². The van der Waals surface area contributed by atoms with Crippen LogP contribution in [0.3, 0.4) is 0 Å². The maximum absolute atomic E-state index is 12.0. The summed E-state index contributed by atoms with van der Waals surface area (Å²) >= 11 is 5.22. The Balaban J connectivity index is 4.13. The molecule has 0 amide bonds. The molecular weight excluding hydrogens is 251 g/mol. The van der Waals surface area contributed by atoms with Crippen molar-refractivity contribution in [2.45, 2.75) is 39.5 Å². The Bertz CT molecular complexity index is 231. The number of rotatable bonds is 10. The van der Waals surface area contributed by atoms with Crippen LogP contribution in [-0.2, 0) is 18.4 Å². The van der Waals surface area contributed by atoms with Gasteiger partial charge in [-0.1, -0.05) is 26.7 Å². The number of carbonyl (C=O) groups is 1. The van der Waals surface area contributed by atoms with Gasteiger partial charge in [-0.25, -0.2) is 0 Å². The second kappa shape index (κ2) is 9.17. The fourth-order valence-electron chi connectivity index (χ4n) is 0.977. The number of hydrogen-bond acceptors (Lipinski definition) is 4. The van der Waals surface area contributed by atoms with Crippen molar-refractivity contribution in [2.75, 3.05) is 19.4 Å². The molecule has 0 radical (unpaired) electrons. The summed E-state index contributed by atoms with van der Waals surface area (Å²) in [6.45, 7) is 4.67. The van der Waals surface area contributed by atoms with Crippen LogP contribution in [0.4, 0.5) is 0 Å². The molecule has 0 spiro atoms. The molecule has 0 atom stereocenters. The van der Waals surface area contributed by atoms with Crippen molar-refractivity contribution in [1.82, 2.24) is 0 Å².